The van der Waals surface area contributed by atoms with Gasteiger partial charge in [0.05, 0.1) is 0 Å². The Kier molecular flexibility index (Phi) is 1.58. The minimum atomic E-state index is -0.804. The Morgan fingerprint density at radius 1 is 1.33 bits per heavy atom. The van der Waals surface area contributed by atoms with Crippen molar-refractivity contribution in [2.45, 2.75) is 4.87 Å². The molecule has 1 N–H and O–H groups in total. The molecule has 1 aliphatic heterocycles. The third-order valence-corrected chi connectivity index (χ3v) is 2.61. The van der Waals surface area contributed by atoms with Crippen LogP contribution in [-0.2, 0) is 9.67 Å². The topological polar surface area (TPSA) is 29.1 Å². The zero-order valence-corrected chi connectivity index (χ0v) is 7.14. The molecule has 0 aliphatic carbocycles. The zero-order valence-electron chi connectivity index (χ0n) is 6.38. The fraction of sp³-hybridized carbons (Fsp3) is 0.222. The van der Waals surface area contributed by atoms with Crippen molar-refractivity contribution in [2.75, 3.05) is 6.54 Å². The van der Waals surface area contributed by atoms with E-state index >= 15 is 0 Å². The number of nitrogens with one attached hydrogen (secondary N) is 1. The van der Waals surface area contributed by atoms with E-state index in [2.05, 4.69) is 5.32 Å². The van der Waals surface area contributed by atoms with Gasteiger partial charge in [0, 0.05) is 6.54 Å². The molecule has 2 rings (SSSR count). The van der Waals surface area contributed by atoms with Gasteiger partial charge in [0.25, 0.3) is 0 Å². The van der Waals surface area contributed by atoms with E-state index in [1.807, 2.05) is 30.3 Å². The standard InChI is InChI=1S/C9H8ClNO/c10-9(6-11-8(9)12)7-4-2-1-3-5-7/h1-5H,6H2,(H,11,12)/t9-/m0/s1. The van der Waals surface area contributed by atoms with Gasteiger partial charge < -0.3 is 5.32 Å². The minimum absolute atomic E-state index is 0.102. The molecule has 0 saturated carbocycles. The second-order valence-corrected chi connectivity index (χ2v) is 3.50. The number of halogens is 1. The second-order valence-electron chi connectivity index (χ2n) is 2.85. The van der Waals surface area contributed by atoms with Crippen LogP contribution in [0.4, 0.5) is 0 Å². The minimum Gasteiger partial charge on any atom is -0.352 e. The molecule has 2 nitrogen and oxygen atoms in total. The van der Waals surface area contributed by atoms with Crippen molar-refractivity contribution in [3.05, 3.63) is 35.9 Å². The third-order valence-electron chi connectivity index (χ3n) is 2.08. The Morgan fingerprint density at radius 3 is 2.42 bits per heavy atom. The molecule has 1 aromatic carbocycles. The Hall–Kier alpha value is -1.02. The summed E-state index contributed by atoms with van der Waals surface area (Å²) < 4.78 is 0. The normalized spacial score (nSPS) is 27.6. The van der Waals surface area contributed by atoms with E-state index in [9.17, 15) is 4.79 Å². The van der Waals surface area contributed by atoms with Crippen LogP contribution in [0.2, 0.25) is 0 Å². The Balaban J connectivity index is 2.37. The van der Waals surface area contributed by atoms with E-state index in [1.165, 1.54) is 0 Å². The predicted octanol–water partition coefficient (Wildman–Crippen LogP) is 1.25. The van der Waals surface area contributed by atoms with Crippen LogP contribution in [0.3, 0.4) is 0 Å². The maximum atomic E-state index is 11.1. The molecule has 1 aliphatic rings. The molecule has 0 spiro atoms. The summed E-state index contributed by atoms with van der Waals surface area (Å²) in [5.41, 5.74) is 0.871. The average Bonchev–Trinajstić information content (AvgIpc) is 2.16. The summed E-state index contributed by atoms with van der Waals surface area (Å²) in [6.45, 7) is 0.525. The molecular formula is C9H8ClNO. The SMILES string of the molecule is O=C1NC[C@]1(Cl)c1ccccc1. The smallest absolute Gasteiger partial charge is 0.247 e. The molecule has 1 aromatic rings. The van der Waals surface area contributed by atoms with Gasteiger partial charge in [-0.25, -0.2) is 0 Å². The zero-order chi connectivity index (χ0) is 8.60. The van der Waals surface area contributed by atoms with Crippen LogP contribution in [0.1, 0.15) is 5.56 Å². The lowest BCUT2D eigenvalue weighted by molar-refractivity contribution is -0.129. The number of hydrogen-bond acceptors (Lipinski definition) is 1. The summed E-state index contributed by atoms with van der Waals surface area (Å²) >= 11 is 6.07. The Bertz CT molecular complexity index is 312. The van der Waals surface area contributed by atoms with Crippen LogP contribution in [0.5, 0.6) is 0 Å². The highest BCUT2D eigenvalue weighted by atomic mass is 35.5. The average molecular weight is 182 g/mol. The summed E-state index contributed by atoms with van der Waals surface area (Å²) in [7, 11) is 0. The van der Waals surface area contributed by atoms with E-state index in [1.54, 1.807) is 0 Å². The van der Waals surface area contributed by atoms with Crippen molar-refractivity contribution in [3.8, 4) is 0 Å². The van der Waals surface area contributed by atoms with Crippen LogP contribution < -0.4 is 5.32 Å². The van der Waals surface area contributed by atoms with Crippen molar-refractivity contribution < 1.29 is 4.79 Å². The summed E-state index contributed by atoms with van der Waals surface area (Å²) in [5, 5.41) is 2.63. The highest BCUT2D eigenvalue weighted by molar-refractivity contribution is 6.37. The van der Waals surface area contributed by atoms with Crippen molar-refractivity contribution in [1.29, 1.82) is 0 Å². The summed E-state index contributed by atoms with van der Waals surface area (Å²) in [6.07, 6.45) is 0. The number of benzene rings is 1. The molecule has 12 heavy (non-hydrogen) atoms. The van der Waals surface area contributed by atoms with Gasteiger partial charge in [0.15, 0.2) is 4.87 Å². The third kappa shape index (κ3) is 0.916. The lowest BCUT2D eigenvalue weighted by atomic mass is 9.92. The monoisotopic (exact) mass is 181 g/mol. The fourth-order valence-corrected chi connectivity index (χ4v) is 1.51. The first-order valence-electron chi connectivity index (χ1n) is 3.76. The van der Waals surface area contributed by atoms with Gasteiger partial charge >= 0.3 is 0 Å². The molecule has 1 atom stereocenters. The maximum Gasteiger partial charge on any atom is 0.247 e. The van der Waals surface area contributed by atoms with Crippen molar-refractivity contribution in [1.82, 2.24) is 5.32 Å². The lowest BCUT2D eigenvalue weighted by Gasteiger charge is -2.35. The van der Waals surface area contributed by atoms with E-state index in [0.29, 0.717) is 6.54 Å². The van der Waals surface area contributed by atoms with E-state index < -0.39 is 4.87 Å². The molecule has 1 fully saturated rings. The number of carbonyl (C=O) groups is 1. The van der Waals surface area contributed by atoms with Gasteiger partial charge in [-0.05, 0) is 5.56 Å². The van der Waals surface area contributed by atoms with Gasteiger partial charge in [0.1, 0.15) is 0 Å². The van der Waals surface area contributed by atoms with Gasteiger partial charge in [-0.3, -0.25) is 4.79 Å². The fourth-order valence-electron chi connectivity index (χ4n) is 1.25. The molecule has 0 bridgehead atoms. The summed E-state index contributed by atoms with van der Waals surface area (Å²) in [4.78, 5) is 10.3. The largest absolute Gasteiger partial charge is 0.352 e. The molecule has 62 valence electrons. The number of carbonyl (C=O) groups excluding carboxylic acids is 1. The number of hydrogen-bond donors (Lipinski definition) is 1. The lowest BCUT2D eigenvalue weighted by Crippen LogP contribution is -2.58. The first-order valence-corrected chi connectivity index (χ1v) is 4.14. The van der Waals surface area contributed by atoms with Crippen LogP contribution in [0, 0.1) is 0 Å². The molecule has 3 heteroatoms. The number of alkyl halides is 1. The van der Waals surface area contributed by atoms with Crippen molar-refractivity contribution >= 4 is 17.5 Å². The molecule has 0 radical (unpaired) electrons. The second kappa shape index (κ2) is 2.49. The van der Waals surface area contributed by atoms with Crippen LogP contribution >= 0.6 is 11.6 Å². The van der Waals surface area contributed by atoms with Crippen molar-refractivity contribution in [2.24, 2.45) is 0 Å². The quantitative estimate of drug-likeness (QED) is 0.513. The van der Waals surface area contributed by atoms with Gasteiger partial charge in [-0.15, -0.1) is 11.6 Å². The first kappa shape index (κ1) is 7.62. The number of β-lactam (4-membered cyclic amide) rings is 1. The van der Waals surface area contributed by atoms with Crippen LogP contribution in [0.15, 0.2) is 30.3 Å². The highest BCUT2D eigenvalue weighted by Gasteiger charge is 2.45. The molecule has 0 aromatic heterocycles. The van der Waals surface area contributed by atoms with Gasteiger partial charge in [-0.1, -0.05) is 30.3 Å². The molecule has 1 saturated heterocycles. The van der Waals surface area contributed by atoms with Crippen molar-refractivity contribution in [3.63, 3.8) is 0 Å². The highest BCUT2D eigenvalue weighted by Crippen LogP contribution is 2.33. The first-order chi connectivity index (χ1) is 5.73. The molecule has 1 amide bonds. The van der Waals surface area contributed by atoms with Gasteiger partial charge in [-0.2, -0.15) is 0 Å². The number of rotatable bonds is 1. The predicted molar refractivity (Wildman–Crippen MR) is 47.0 cm³/mol. The van der Waals surface area contributed by atoms with E-state index in [0.717, 1.165) is 5.56 Å². The molecule has 1 heterocycles. The van der Waals surface area contributed by atoms with Crippen LogP contribution in [0.25, 0.3) is 0 Å². The van der Waals surface area contributed by atoms with E-state index in [4.69, 9.17) is 11.6 Å². The Labute approximate surface area is 75.5 Å². The van der Waals surface area contributed by atoms with Crippen LogP contribution in [-0.4, -0.2) is 12.5 Å². The van der Waals surface area contributed by atoms with Gasteiger partial charge in [0.2, 0.25) is 5.91 Å². The Morgan fingerprint density at radius 2 is 2.00 bits per heavy atom. The summed E-state index contributed by atoms with van der Waals surface area (Å²) in [5.74, 6) is -0.102. The molecular weight excluding hydrogens is 174 g/mol. The number of amides is 1. The maximum absolute atomic E-state index is 11.1. The summed E-state index contributed by atoms with van der Waals surface area (Å²) in [6, 6.07) is 9.40. The van der Waals surface area contributed by atoms with E-state index in [-0.39, 0.29) is 5.91 Å². The molecule has 0 unspecified atom stereocenters.